The fourth-order valence-corrected chi connectivity index (χ4v) is 2.27. The summed E-state index contributed by atoms with van der Waals surface area (Å²) in [6, 6.07) is 9.51. The van der Waals surface area contributed by atoms with E-state index in [1.807, 2.05) is 30.3 Å². The monoisotopic (exact) mass is 295 g/mol. The largest absolute Gasteiger partial charge is 0.496 e. The molecular weight excluding hydrogens is 282 g/mol. The molecule has 2 N–H and O–H groups in total. The van der Waals surface area contributed by atoms with E-state index in [1.165, 1.54) is 0 Å². The molecule has 0 radical (unpaired) electrons. The number of hydrogen-bond acceptors (Lipinski definition) is 3. The average Bonchev–Trinajstić information content (AvgIpc) is 2.76. The molecule has 0 fully saturated rings. The Hall–Kier alpha value is -1.26. The van der Waals surface area contributed by atoms with Gasteiger partial charge in [-0.05, 0) is 40.0 Å². The first-order valence-electron chi connectivity index (χ1n) is 5.32. The third-order valence-corrected chi connectivity index (χ3v) is 3.27. The number of methoxy groups -OCH3 is 1. The van der Waals surface area contributed by atoms with Crippen molar-refractivity contribution >= 4 is 15.9 Å². The highest BCUT2D eigenvalue weighted by atomic mass is 79.9. The van der Waals surface area contributed by atoms with E-state index in [9.17, 15) is 0 Å². The Kier molecular flexibility index (Phi) is 3.86. The zero-order valence-electron chi connectivity index (χ0n) is 9.52. The van der Waals surface area contributed by atoms with Crippen LogP contribution in [0.2, 0.25) is 0 Å². The van der Waals surface area contributed by atoms with Crippen molar-refractivity contribution in [3.8, 4) is 5.75 Å². The summed E-state index contributed by atoms with van der Waals surface area (Å²) in [5.74, 6) is 1.61. The summed E-state index contributed by atoms with van der Waals surface area (Å²) in [7, 11) is 1.66. The third-order valence-electron chi connectivity index (χ3n) is 2.61. The number of benzene rings is 1. The van der Waals surface area contributed by atoms with Crippen LogP contribution in [0, 0.1) is 0 Å². The van der Waals surface area contributed by atoms with Gasteiger partial charge in [-0.15, -0.1) is 0 Å². The van der Waals surface area contributed by atoms with Gasteiger partial charge in [-0.2, -0.15) is 0 Å². The number of rotatable bonds is 4. The molecule has 2 aromatic rings. The predicted molar refractivity (Wildman–Crippen MR) is 70.0 cm³/mol. The summed E-state index contributed by atoms with van der Waals surface area (Å²) in [5, 5.41) is 0. The summed E-state index contributed by atoms with van der Waals surface area (Å²) in [5.41, 5.74) is 7.19. The summed E-state index contributed by atoms with van der Waals surface area (Å²) >= 11 is 3.41. The van der Waals surface area contributed by atoms with Crippen molar-refractivity contribution in [3.05, 3.63) is 52.4 Å². The fraction of sp³-hybridized carbons (Fsp3) is 0.231. The third kappa shape index (κ3) is 2.70. The molecule has 1 aromatic carbocycles. The molecule has 1 atom stereocenters. The maximum Gasteiger partial charge on any atom is 0.134 e. The Labute approximate surface area is 109 Å². The molecule has 4 heteroatoms. The Bertz CT molecular complexity index is 496. The lowest BCUT2D eigenvalue weighted by molar-refractivity contribution is 0.404. The number of furan rings is 1. The molecule has 0 aliphatic heterocycles. The van der Waals surface area contributed by atoms with Gasteiger partial charge in [-0.3, -0.25) is 0 Å². The fourth-order valence-electron chi connectivity index (χ4n) is 1.77. The molecular formula is C13H14BrNO2. The lowest BCUT2D eigenvalue weighted by Crippen LogP contribution is -2.13. The normalized spacial score (nSPS) is 12.4. The topological polar surface area (TPSA) is 48.4 Å². The van der Waals surface area contributed by atoms with E-state index in [1.54, 1.807) is 13.4 Å². The highest BCUT2D eigenvalue weighted by Crippen LogP contribution is 2.28. The first-order valence-corrected chi connectivity index (χ1v) is 6.12. The predicted octanol–water partition coefficient (Wildman–Crippen LogP) is 3.29. The molecule has 17 heavy (non-hydrogen) atoms. The minimum atomic E-state index is -0.185. The van der Waals surface area contributed by atoms with Gasteiger partial charge in [-0.1, -0.05) is 18.2 Å². The van der Waals surface area contributed by atoms with E-state index in [4.69, 9.17) is 14.9 Å². The highest BCUT2D eigenvalue weighted by molar-refractivity contribution is 9.10. The van der Waals surface area contributed by atoms with Crippen LogP contribution in [0.25, 0.3) is 0 Å². The van der Waals surface area contributed by atoms with Crippen molar-refractivity contribution in [2.45, 2.75) is 12.5 Å². The zero-order valence-corrected chi connectivity index (χ0v) is 11.1. The summed E-state index contributed by atoms with van der Waals surface area (Å²) in [4.78, 5) is 0. The van der Waals surface area contributed by atoms with Gasteiger partial charge >= 0.3 is 0 Å². The first-order chi connectivity index (χ1) is 8.22. The Morgan fingerprint density at radius 3 is 2.76 bits per heavy atom. The Morgan fingerprint density at radius 1 is 1.35 bits per heavy atom. The Balaban J connectivity index is 2.18. The van der Waals surface area contributed by atoms with E-state index in [0.717, 1.165) is 21.5 Å². The summed E-state index contributed by atoms with van der Waals surface area (Å²) in [6.07, 6.45) is 2.30. The maximum absolute atomic E-state index is 6.12. The molecule has 1 heterocycles. The van der Waals surface area contributed by atoms with Crippen molar-refractivity contribution in [2.24, 2.45) is 5.73 Å². The molecule has 0 saturated heterocycles. The van der Waals surface area contributed by atoms with E-state index in [-0.39, 0.29) is 6.04 Å². The summed E-state index contributed by atoms with van der Waals surface area (Å²) < 4.78 is 11.6. The quantitative estimate of drug-likeness (QED) is 0.941. The number of halogens is 1. The minimum Gasteiger partial charge on any atom is -0.496 e. The molecule has 0 saturated carbocycles. The van der Waals surface area contributed by atoms with Gasteiger partial charge in [-0.25, -0.2) is 0 Å². The van der Waals surface area contributed by atoms with Gasteiger partial charge in [0.25, 0.3) is 0 Å². The molecule has 0 amide bonds. The van der Waals surface area contributed by atoms with Gasteiger partial charge < -0.3 is 14.9 Å². The minimum absolute atomic E-state index is 0.185. The SMILES string of the molecule is COc1ccccc1CC(N)c1occc1Br. The maximum atomic E-state index is 6.12. The number of para-hydroxylation sites is 1. The van der Waals surface area contributed by atoms with Crippen LogP contribution in [-0.4, -0.2) is 7.11 Å². The van der Waals surface area contributed by atoms with Gasteiger partial charge in [0.15, 0.2) is 0 Å². The van der Waals surface area contributed by atoms with Crippen LogP contribution in [0.4, 0.5) is 0 Å². The average molecular weight is 296 g/mol. The smallest absolute Gasteiger partial charge is 0.134 e. The van der Waals surface area contributed by atoms with Gasteiger partial charge in [0.2, 0.25) is 0 Å². The van der Waals surface area contributed by atoms with Gasteiger partial charge in [0.05, 0.1) is 23.9 Å². The Morgan fingerprint density at radius 2 is 2.12 bits per heavy atom. The van der Waals surface area contributed by atoms with Crippen molar-refractivity contribution < 1.29 is 9.15 Å². The van der Waals surface area contributed by atoms with Crippen LogP contribution < -0.4 is 10.5 Å². The van der Waals surface area contributed by atoms with Gasteiger partial charge in [0, 0.05) is 0 Å². The van der Waals surface area contributed by atoms with Crippen molar-refractivity contribution in [1.82, 2.24) is 0 Å². The van der Waals surface area contributed by atoms with Crippen molar-refractivity contribution in [3.63, 3.8) is 0 Å². The van der Waals surface area contributed by atoms with Gasteiger partial charge in [0.1, 0.15) is 11.5 Å². The second-order valence-corrected chi connectivity index (χ2v) is 4.61. The van der Waals surface area contributed by atoms with E-state index in [0.29, 0.717) is 6.42 Å². The molecule has 0 spiro atoms. The second-order valence-electron chi connectivity index (χ2n) is 3.76. The highest BCUT2D eigenvalue weighted by Gasteiger charge is 2.15. The van der Waals surface area contributed by atoms with Crippen LogP contribution in [0.1, 0.15) is 17.4 Å². The number of nitrogens with two attached hydrogens (primary N) is 1. The van der Waals surface area contributed by atoms with Crippen LogP contribution in [0.5, 0.6) is 5.75 Å². The van der Waals surface area contributed by atoms with Crippen LogP contribution in [0.15, 0.2) is 45.5 Å². The molecule has 0 aliphatic carbocycles. The molecule has 0 bridgehead atoms. The summed E-state index contributed by atoms with van der Waals surface area (Å²) in [6.45, 7) is 0. The first kappa shape index (κ1) is 12.2. The molecule has 2 rings (SSSR count). The zero-order chi connectivity index (χ0) is 12.3. The molecule has 0 aliphatic rings. The van der Waals surface area contributed by atoms with E-state index < -0.39 is 0 Å². The van der Waals surface area contributed by atoms with E-state index in [2.05, 4.69) is 15.9 Å². The molecule has 90 valence electrons. The van der Waals surface area contributed by atoms with Crippen LogP contribution >= 0.6 is 15.9 Å². The lowest BCUT2D eigenvalue weighted by Gasteiger charge is -2.12. The second kappa shape index (κ2) is 5.38. The standard InChI is InChI=1S/C13H14BrNO2/c1-16-12-5-3-2-4-9(12)8-11(15)13-10(14)6-7-17-13/h2-7,11H,8,15H2,1H3. The lowest BCUT2D eigenvalue weighted by atomic mass is 10.0. The van der Waals surface area contributed by atoms with Crippen LogP contribution in [0.3, 0.4) is 0 Å². The number of ether oxygens (including phenoxy) is 1. The number of hydrogen-bond donors (Lipinski definition) is 1. The molecule has 3 nitrogen and oxygen atoms in total. The molecule has 1 unspecified atom stereocenters. The van der Waals surface area contributed by atoms with E-state index >= 15 is 0 Å². The van der Waals surface area contributed by atoms with Crippen molar-refractivity contribution in [1.29, 1.82) is 0 Å². The van der Waals surface area contributed by atoms with Crippen molar-refractivity contribution in [2.75, 3.05) is 7.11 Å². The molecule has 1 aromatic heterocycles. The van der Waals surface area contributed by atoms with Crippen LogP contribution in [-0.2, 0) is 6.42 Å².